The van der Waals surface area contributed by atoms with Crippen molar-refractivity contribution in [1.29, 1.82) is 0 Å². The van der Waals surface area contributed by atoms with Crippen molar-refractivity contribution >= 4 is 17.4 Å². The van der Waals surface area contributed by atoms with E-state index in [1.54, 1.807) is 43.5 Å². The number of likely N-dealkylation sites (N-methyl/N-ethyl adjacent to an activating group) is 1. The maximum absolute atomic E-state index is 13.3. The lowest BCUT2D eigenvalue weighted by atomic mass is 9.94. The van der Waals surface area contributed by atoms with E-state index in [4.69, 9.17) is 14.2 Å². The summed E-state index contributed by atoms with van der Waals surface area (Å²) in [4.78, 5) is 30.3. The number of hydrogen-bond acceptors (Lipinski definition) is 7. The van der Waals surface area contributed by atoms with Crippen molar-refractivity contribution in [2.24, 2.45) is 0 Å². The van der Waals surface area contributed by atoms with E-state index >= 15 is 0 Å². The van der Waals surface area contributed by atoms with Gasteiger partial charge in [-0.15, -0.1) is 0 Å². The van der Waals surface area contributed by atoms with Crippen LogP contribution in [0.3, 0.4) is 0 Å². The van der Waals surface area contributed by atoms with Crippen LogP contribution in [0, 0.1) is 6.92 Å². The second-order valence-corrected chi connectivity index (χ2v) is 8.55. The zero-order valence-electron chi connectivity index (χ0n) is 22.0. The molecule has 3 rings (SSSR count). The van der Waals surface area contributed by atoms with Gasteiger partial charge in [-0.25, -0.2) is 0 Å². The number of hydrogen-bond donors (Lipinski definition) is 1. The first-order chi connectivity index (χ1) is 17.3. The van der Waals surface area contributed by atoms with Gasteiger partial charge in [-0.3, -0.25) is 9.59 Å². The molecule has 0 bridgehead atoms. The monoisotopic (exact) mass is 496 g/mol. The Labute approximate surface area is 213 Å². The summed E-state index contributed by atoms with van der Waals surface area (Å²) in [5.41, 5.74) is 1.97. The van der Waals surface area contributed by atoms with Crippen LogP contribution < -0.4 is 14.2 Å². The third-order valence-electron chi connectivity index (χ3n) is 6.56. The van der Waals surface area contributed by atoms with Crippen LogP contribution in [0.5, 0.6) is 17.2 Å². The van der Waals surface area contributed by atoms with Crippen LogP contribution in [0.2, 0.25) is 0 Å². The maximum Gasteiger partial charge on any atom is 0.295 e. The Hall–Kier alpha value is -3.52. The van der Waals surface area contributed by atoms with Crippen molar-refractivity contribution in [1.82, 2.24) is 9.80 Å². The minimum absolute atomic E-state index is 0.0512. The molecule has 1 N–H and O–H groups in total. The Morgan fingerprint density at radius 1 is 0.972 bits per heavy atom. The second-order valence-electron chi connectivity index (χ2n) is 8.55. The lowest BCUT2D eigenvalue weighted by Gasteiger charge is -2.28. The first kappa shape index (κ1) is 27.1. The molecule has 1 aliphatic rings. The van der Waals surface area contributed by atoms with E-state index in [2.05, 4.69) is 18.7 Å². The smallest absolute Gasteiger partial charge is 0.295 e. The minimum Gasteiger partial charge on any atom is -0.507 e. The molecule has 0 radical (unpaired) electrons. The van der Waals surface area contributed by atoms with E-state index in [0.717, 1.165) is 18.7 Å². The van der Waals surface area contributed by atoms with Crippen LogP contribution in [-0.4, -0.2) is 73.6 Å². The quantitative estimate of drug-likeness (QED) is 0.284. The summed E-state index contributed by atoms with van der Waals surface area (Å²) in [6, 6.07) is 9.72. The predicted molar refractivity (Wildman–Crippen MR) is 139 cm³/mol. The molecule has 1 amide bonds. The van der Waals surface area contributed by atoms with Gasteiger partial charge in [0.05, 0.1) is 32.4 Å². The summed E-state index contributed by atoms with van der Waals surface area (Å²) in [7, 11) is 3.07. The summed E-state index contributed by atoms with van der Waals surface area (Å²) in [5, 5.41) is 11.4. The van der Waals surface area contributed by atoms with Crippen LogP contribution >= 0.6 is 0 Å². The number of nitrogens with zero attached hydrogens (tertiary/aromatic N) is 2. The van der Waals surface area contributed by atoms with Crippen molar-refractivity contribution in [2.75, 3.05) is 47.0 Å². The molecule has 0 aliphatic carbocycles. The van der Waals surface area contributed by atoms with Crippen molar-refractivity contribution in [2.45, 2.75) is 33.7 Å². The largest absolute Gasteiger partial charge is 0.507 e. The molecule has 0 aromatic heterocycles. The molecule has 0 spiro atoms. The SMILES string of the molecule is CCOc1ccc(/C(O)=C2\C(=O)C(=O)N(CCN(CC)CC)C2c2ccc(OC)c(OC)c2)cc1C. The van der Waals surface area contributed by atoms with E-state index in [1.165, 1.54) is 12.0 Å². The summed E-state index contributed by atoms with van der Waals surface area (Å²) in [5.74, 6) is 0.143. The van der Waals surface area contributed by atoms with Crippen LogP contribution in [0.4, 0.5) is 0 Å². The Balaban J connectivity index is 2.15. The minimum atomic E-state index is -0.771. The highest BCUT2D eigenvalue weighted by Crippen LogP contribution is 2.42. The van der Waals surface area contributed by atoms with E-state index in [1.807, 2.05) is 13.8 Å². The Morgan fingerprint density at radius 3 is 2.22 bits per heavy atom. The van der Waals surface area contributed by atoms with Gasteiger partial charge in [0.15, 0.2) is 11.5 Å². The predicted octanol–water partition coefficient (Wildman–Crippen LogP) is 4.17. The van der Waals surface area contributed by atoms with Gasteiger partial charge in [-0.1, -0.05) is 19.9 Å². The average molecular weight is 497 g/mol. The first-order valence-corrected chi connectivity index (χ1v) is 12.3. The average Bonchev–Trinajstić information content (AvgIpc) is 3.14. The molecule has 8 nitrogen and oxygen atoms in total. The fraction of sp³-hybridized carbons (Fsp3) is 0.429. The number of aliphatic hydroxyl groups excluding tert-OH is 1. The summed E-state index contributed by atoms with van der Waals surface area (Å²) < 4.78 is 16.5. The number of aryl methyl sites for hydroxylation is 1. The first-order valence-electron chi connectivity index (χ1n) is 12.3. The van der Waals surface area contributed by atoms with E-state index < -0.39 is 17.7 Å². The molecule has 36 heavy (non-hydrogen) atoms. The molecule has 1 saturated heterocycles. The number of amides is 1. The van der Waals surface area contributed by atoms with Gasteiger partial charge >= 0.3 is 0 Å². The number of benzene rings is 2. The number of ketones is 1. The Bertz CT molecular complexity index is 1140. The van der Waals surface area contributed by atoms with Gasteiger partial charge in [0.25, 0.3) is 11.7 Å². The summed E-state index contributed by atoms with van der Waals surface area (Å²) in [6.07, 6.45) is 0. The number of ether oxygens (including phenoxy) is 3. The Kier molecular flexibility index (Phi) is 8.98. The Morgan fingerprint density at radius 2 is 1.64 bits per heavy atom. The van der Waals surface area contributed by atoms with Gasteiger partial charge < -0.3 is 29.1 Å². The lowest BCUT2D eigenvalue weighted by molar-refractivity contribution is -0.140. The number of rotatable bonds is 11. The molecule has 1 fully saturated rings. The third kappa shape index (κ3) is 5.33. The molecule has 1 heterocycles. The van der Waals surface area contributed by atoms with Gasteiger partial charge in [0, 0.05) is 18.7 Å². The zero-order chi connectivity index (χ0) is 26.4. The maximum atomic E-state index is 13.3. The fourth-order valence-electron chi connectivity index (χ4n) is 4.54. The normalized spacial score (nSPS) is 17.1. The summed E-state index contributed by atoms with van der Waals surface area (Å²) in [6.45, 7) is 11.0. The highest BCUT2D eigenvalue weighted by molar-refractivity contribution is 6.46. The van der Waals surface area contributed by atoms with Crippen molar-refractivity contribution in [3.05, 3.63) is 58.7 Å². The van der Waals surface area contributed by atoms with E-state index in [0.29, 0.717) is 48.1 Å². The number of Topliss-reactive ketones (excluding diaryl/α,β-unsaturated/α-hetero) is 1. The van der Waals surface area contributed by atoms with Crippen molar-refractivity contribution in [3.8, 4) is 17.2 Å². The molecular weight excluding hydrogens is 460 g/mol. The fourth-order valence-corrected chi connectivity index (χ4v) is 4.54. The lowest BCUT2D eigenvalue weighted by Crippen LogP contribution is -2.38. The van der Waals surface area contributed by atoms with Gasteiger partial charge in [-0.05, 0) is 68.4 Å². The number of carbonyl (C=O) groups is 2. The molecular formula is C28H36N2O6. The molecule has 1 atom stereocenters. The molecule has 1 aliphatic heterocycles. The van der Waals surface area contributed by atoms with E-state index in [9.17, 15) is 14.7 Å². The standard InChI is InChI=1S/C28H36N2O6/c1-7-29(8-2)14-15-30-25(19-10-13-22(34-5)23(17-19)35-6)24(27(32)28(30)33)26(31)20-11-12-21(36-9-3)18(4)16-20/h10-13,16-17,25,31H,7-9,14-15H2,1-6H3/b26-24+. The van der Waals surface area contributed by atoms with Crippen LogP contribution in [0.15, 0.2) is 42.0 Å². The molecule has 194 valence electrons. The zero-order valence-corrected chi connectivity index (χ0v) is 22.0. The number of methoxy groups -OCH3 is 2. The van der Waals surface area contributed by atoms with Crippen molar-refractivity contribution in [3.63, 3.8) is 0 Å². The third-order valence-corrected chi connectivity index (χ3v) is 6.56. The topological polar surface area (TPSA) is 88.5 Å². The number of likely N-dealkylation sites (tertiary alicyclic amines) is 1. The van der Waals surface area contributed by atoms with Gasteiger partial charge in [0.1, 0.15) is 11.5 Å². The molecule has 1 unspecified atom stereocenters. The van der Waals surface area contributed by atoms with E-state index in [-0.39, 0.29) is 11.3 Å². The molecule has 8 heteroatoms. The second kappa shape index (κ2) is 11.9. The van der Waals surface area contributed by atoms with Crippen LogP contribution in [0.25, 0.3) is 5.76 Å². The molecule has 2 aromatic rings. The number of carbonyl (C=O) groups excluding carboxylic acids is 2. The highest BCUT2D eigenvalue weighted by atomic mass is 16.5. The summed E-state index contributed by atoms with van der Waals surface area (Å²) >= 11 is 0. The van der Waals surface area contributed by atoms with Crippen LogP contribution in [-0.2, 0) is 9.59 Å². The highest BCUT2D eigenvalue weighted by Gasteiger charge is 2.46. The molecule has 2 aromatic carbocycles. The van der Waals surface area contributed by atoms with Crippen LogP contribution in [0.1, 0.15) is 43.5 Å². The van der Waals surface area contributed by atoms with Gasteiger partial charge in [0.2, 0.25) is 0 Å². The van der Waals surface area contributed by atoms with Crippen molar-refractivity contribution < 1.29 is 28.9 Å². The molecule has 0 saturated carbocycles. The van der Waals surface area contributed by atoms with Gasteiger partial charge in [-0.2, -0.15) is 0 Å². The number of aliphatic hydroxyl groups is 1.